The second-order valence-corrected chi connectivity index (χ2v) is 5.54. The molecule has 2 aromatic heterocycles. The van der Waals surface area contributed by atoms with Crippen molar-refractivity contribution in [1.29, 1.82) is 0 Å². The number of hydrogen-bond donors (Lipinski definition) is 2. The molecule has 0 bridgehead atoms. The standard InChI is InChI=1S/C12H19N5OS/c1-8(2)14-6-10-16-17-12(18-10)13-5-4-11-15-9(3)7-19-11/h7-8,14H,4-6H2,1-3H3,(H,13,17). The molecular formula is C12H19N5OS. The van der Waals surface area contributed by atoms with Gasteiger partial charge in [-0.15, -0.1) is 16.4 Å². The SMILES string of the molecule is Cc1csc(CCNc2nnc(CNC(C)C)o2)n1. The van der Waals surface area contributed by atoms with Crippen LogP contribution in [0, 0.1) is 6.92 Å². The van der Waals surface area contributed by atoms with Crippen LogP contribution in [0.2, 0.25) is 0 Å². The van der Waals surface area contributed by atoms with Gasteiger partial charge in [-0.25, -0.2) is 4.98 Å². The molecule has 2 heterocycles. The minimum absolute atomic E-state index is 0.399. The third kappa shape index (κ3) is 4.60. The summed E-state index contributed by atoms with van der Waals surface area (Å²) in [4.78, 5) is 4.40. The summed E-state index contributed by atoms with van der Waals surface area (Å²) in [6.07, 6.45) is 0.862. The molecule has 0 fully saturated rings. The summed E-state index contributed by atoms with van der Waals surface area (Å²) in [5.41, 5.74) is 1.07. The maximum Gasteiger partial charge on any atom is 0.315 e. The van der Waals surface area contributed by atoms with E-state index in [1.807, 2.05) is 6.92 Å². The molecule has 19 heavy (non-hydrogen) atoms. The summed E-state index contributed by atoms with van der Waals surface area (Å²) in [6.45, 7) is 7.49. The molecule has 0 unspecified atom stereocenters. The van der Waals surface area contributed by atoms with Gasteiger partial charge in [-0.3, -0.25) is 0 Å². The fraction of sp³-hybridized carbons (Fsp3) is 0.583. The highest BCUT2D eigenvalue weighted by Crippen LogP contribution is 2.10. The summed E-state index contributed by atoms with van der Waals surface area (Å²) in [7, 11) is 0. The fourth-order valence-electron chi connectivity index (χ4n) is 1.48. The minimum Gasteiger partial charge on any atom is -0.407 e. The van der Waals surface area contributed by atoms with Gasteiger partial charge in [-0.05, 0) is 6.92 Å². The molecule has 7 heteroatoms. The number of rotatable bonds is 7. The molecule has 0 atom stereocenters. The molecule has 0 aromatic carbocycles. The highest BCUT2D eigenvalue weighted by Gasteiger charge is 2.06. The fourth-order valence-corrected chi connectivity index (χ4v) is 2.26. The molecule has 2 rings (SSSR count). The van der Waals surface area contributed by atoms with E-state index in [0.717, 1.165) is 23.7 Å². The number of nitrogens with zero attached hydrogens (tertiary/aromatic N) is 3. The van der Waals surface area contributed by atoms with Crippen molar-refractivity contribution in [2.75, 3.05) is 11.9 Å². The Labute approximate surface area is 116 Å². The Morgan fingerprint density at radius 2 is 2.21 bits per heavy atom. The summed E-state index contributed by atoms with van der Waals surface area (Å²) < 4.78 is 5.46. The van der Waals surface area contributed by atoms with E-state index in [4.69, 9.17) is 4.42 Å². The molecule has 0 radical (unpaired) electrons. The van der Waals surface area contributed by atoms with Crippen LogP contribution in [-0.2, 0) is 13.0 Å². The summed E-state index contributed by atoms with van der Waals surface area (Å²) >= 11 is 1.67. The molecule has 0 amide bonds. The van der Waals surface area contributed by atoms with Gasteiger partial charge in [-0.2, -0.15) is 0 Å². The molecule has 0 aliphatic carbocycles. The smallest absolute Gasteiger partial charge is 0.315 e. The number of hydrogen-bond acceptors (Lipinski definition) is 7. The monoisotopic (exact) mass is 281 g/mol. The molecular weight excluding hydrogens is 262 g/mol. The van der Waals surface area contributed by atoms with Crippen molar-refractivity contribution in [3.05, 3.63) is 22.0 Å². The van der Waals surface area contributed by atoms with E-state index in [1.165, 1.54) is 0 Å². The van der Waals surface area contributed by atoms with Gasteiger partial charge >= 0.3 is 6.01 Å². The molecule has 6 nitrogen and oxygen atoms in total. The Kier molecular flexibility index (Phi) is 4.86. The molecule has 0 aliphatic rings. The second kappa shape index (κ2) is 6.63. The quantitative estimate of drug-likeness (QED) is 0.808. The van der Waals surface area contributed by atoms with Crippen molar-refractivity contribution in [3.8, 4) is 0 Å². The van der Waals surface area contributed by atoms with E-state index in [-0.39, 0.29) is 0 Å². The van der Waals surface area contributed by atoms with Crippen molar-refractivity contribution in [3.63, 3.8) is 0 Å². The minimum atomic E-state index is 0.399. The number of anilines is 1. The van der Waals surface area contributed by atoms with Crippen LogP contribution in [0.3, 0.4) is 0 Å². The Hall–Kier alpha value is -1.47. The van der Waals surface area contributed by atoms with Crippen LogP contribution >= 0.6 is 11.3 Å². The molecule has 0 saturated carbocycles. The van der Waals surface area contributed by atoms with Gasteiger partial charge in [0.1, 0.15) is 0 Å². The van der Waals surface area contributed by atoms with Gasteiger partial charge in [0.25, 0.3) is 0 Å². The highest BCUT2D eigenvalue weighted by molar-refractivity contribution is 7.09. The zero-order valence-electron chi connectivity index (χ0n) is 11.4. The van der Waals surface area contributed by atoms with Crippen molar-refractivity contribution in [2.45, 2.75) is 39.8 Å². The van der Waals surface area contributed by atoms with Crippen molar-refractivity contribution < 1.29 is 4.42 Å². The molecule has 0 spiro atoms. The van der Waals surface area contributed by atoms with Gasteiger partial charge in [0.05, 0.1) is 11.6 Å². The van der Waals surface area contributed by atoms with Crippen molar-refractivity contribution in [1.82, 2.24) is 20.5 Å². The van der Waals surface area contributed by atoms with Gasteiger partial charge < -0.3 is 15.1 Å². The van der Waals surface area contributed by atoms with Crippen molar-refractivity contribution in [2.24, 2.45) is 0 Å². The van der Waals surface area contributed by atoms with Gasteiger partial charge in [0, 0.05) is 30.1 Å². The van der Waals surface area contributed by atoms with Crippen LogP contribution < -0.4 is 10.6 Å². The van der Waals surface area contributed by atoms with E-state index in [2.05, 4.69) is 45.0 Å². The zero-order chi connectivity index (χ0) is 13.7. The van der Waals surface area contributed by atoms with E-state index in [1.54, 1.807) is 11.3 Å². The van der Waals surface area contributed by atoms with E-state index < -0.39 is 0 Å². The Bertz CT molecular complexity index is 508. The van der Waals surface area contributed by atoms with Crippen LogP contribution in [0.1, 0.15) is 30.4 Å². The molecule has 2 aromatic rings. The van der Waals surface area contributed by atoms with Gasteiger partial charge in [0.15, 0.2) is 0 Å². The summed E-state index contributed by atoms with van der Waals surface area (Å²) in [5, 5.41) is 17.4. The number of nitrogens with one attached hydrogen (secondary N) is 2. The Morgan fingerprint density at radius 1 is 1.37 bits per heavy atom. The van der Waals surface area contributed by atoms with Gasteiger partial charge in [0.2, 0.25) is 5.89 Å². The Morgan fingerprint density at radius 3 is 2.89 bits per heavy atom. The average Bonchev–Trinajstić information content (AvgIpc) is 2.96. The predicted molar refractivity (Wildman–Crippen MR) is 75.3 cm³/mol. The zero-order valence-corrected chi connectivity index (χ0v) is 12.3. The van der Waals surface area contributed by atoms with Crippen LogP contribution in [0.25, 0.3) is 0 Å². The molecule has 2 N–H and O–H groups in total. The van der Waals surface area contributed by atoms with E-state index in [0.29, 0.717) is 24.5 Å². The van der Waals surface area contributed by atoms with Crippen molar-refractivity contribution >= 4 is 17.4 Å². The number of aromatic nitrogens is 3. The third-order valence-corrected chi connectivity index (χ3v) is 3.44. The largest absolute Gasteiger partial charge is 0.407 e. The highest BCUT2D eigenvalue weighted by atomic mass is 32.1. The normalized spacial score (nSPS) is 11.2. The lowest BCUT2D eigenvalue weighted by Crippen LogP contribution is -2.21. The van der Waals surface area contributed by atoms with Crippen LogP contribution in [0.5, 0.6) is 0 Å². The lowest BCUT2D eigenvalue weighted by molar-refractivity contribution is 0.458. The predicted octanol–water partition coefficient (Wildman–Crippen LogP) is 1.99. The number of aryl methyl sites for hydroxylation is 1. The Balaban J connectivity index is 1.74. The first-order valence-corrected chi connectivity index (χ1v) is 7.22. The molecule has 0 aliphatic heterocycles. The first kappa shape index (κ1) is 14.0. The maximum atomic E-state index is 5.46. The average molecular weight is 281 g/mol. The van der Waals surface area contributed by atoms with Gasteiger partial charge in [-0.1, -0.05) is 18.9 Å². The second-order valence-electron chi connectivity index (χ2n) is 4.60. The molecule has 104 valence electrons. The lowest BCUT2D eigenvalue weighted by atomic mass is 10.4. The third-order valence-electron chi connectivity index (χ3n) is 2.41. The first-order chi connectivity index (χ1) is 9.13. The van der Waals surface area contributed by atoms with Crippen LogP contribution in [0.15, 0.2) is 9.80 Å². The lowest BCUT2D eigenvalue weighted by Gasteiger charge is -2.03. The van der Waals surface area contributed by atoms with Crippen LogP contribution in [0.4, 0.5) is 6.01 Å². The number of thiazole rings is 1. The van der Waals surface area contributed by atoms with E-state index >= 15 is 0 Å². The summed E-state index contributed by atoms with van der Waals surface area (Å²) in [6, 6.07) is 0.866. The molecule has 0 saturated heterocycles. The van der Waals surface area contributed by atoms with E-state index in [9.17, 15) is 0 Å². The topological polar surface area (TPSA) is 75.9 Å². The van der Waals surface area contributed by atoms with Crippen LogP contribution in [-0.4, -0.2) is 27.8 Å². The first-order valence-electron chi connectivity index (χ1n) is 6.34. The summed E-state index contributed by atoms with van der Waals surface area (Å²) in [5.74, 6) is 0.598. The maximum absolute atomic E-state index is 5.46.